The van der Waals surface area contributed by atoms with Crippen molar-refractivity contribution in [1.29, 1.82) is 5.26 Å². The number of rotatable bonds is 3. The van der Waals surface area contributed by atoms with Gasteiger partial charge < -0.3 is 9.80 Å². The molecule has 0 unspecified atom stereocenters. The van der Waals surface area contributed by atoms with E-state index >= 15 is 0 Å². The van der Waals surface area contributed by atoms with Crippen LogP contribution in [-0.2, 0) is 24.2 Å². The number of piperidine rings is 1. The first kappa shape index (κ1) is 20.5. The minimum Gasteiger partial charge on any atom is -0.370 e. The van der Waals surface area contributed by atoms with Crippen molar-refractivity contribution in [2.45, 2.75) is 39.2 Å². The second-order valence-electron chi connectivity index (χ2n) is 8.88. The van der Waals surface area contributed by atoms with Crippen LogP contribution in [0.3, 0.4) is 0 Å². The molecule has 5 rings (SSSR count). The number of benzene rings is 2. The number of amides is 1. The van der Waals surface area contributed by atoms with Crippen LogP contribution in [0.15, 0.2) is 48.7 Å². The Labute approximate surface area is 189 Å². The van der Waals surface area contributed by atoms with Gasteiger partial charge in [0.25, 0.3) is 0 Å². The molecule has 0 aliphatic carbocycles. The summed E-state index contributed by atoms with van der Waals surface area (Å²) >= 11 is 0. The number of hydrogen-bond acceptors (Lipinski definition) is 4. The number of aromatic nitrogens is 1. The highest BCUT2D eigenvalue weighted by Gasteiger charge is 2.31. The Balaban J connectivity index is 1.33. The summed E-state index contributed by atoms with van der Waals surface area (Å²) in [6.45, 7) is 5.24. The highest BCUT2D eigenvalue weighted by molar-refractivity contribution is 5.95. The summed E-state index contributed by atoms with van der Waals surface area (Å²) < 4.78 is 0. The van der Waals surface area contributed by atoms with Crippen LogP contribution in [0.1, 0.15) is 42.0 Å². The highest BCUT2D eigenvalue weighted by Crippen LogP contribution is 2.34. The van der Waals surface area contributed by atoms with Crippen molar-refractivity contribution >= 4 is 22.5 Å². The SMILES string of the molecule is CCc1ccc2ncc(C#N)c(N3CCC(C(=O)N4CCc5ccccc5C4)CC3)c2c1. The lowest BCUT2D eigenvalue weighted by atomic mass is 9.92. The standard InChI is InChI=1S/C27H28N4O/c1-2-19-7-8-25-24(15-19)26(23(16-28)17-29-25)30-12-10-21(11-13-30)27(32)31-14-9-20-5-3-4-6-22(20)18-31/h3-8,15,17,21H,2,9-14,18H2,1H3. The van der Waals surface area contributed by atoms with Crippen molar-refractivity contribution in [3.8, 4) is 6.07 Å². The van der Waals surface area contributed by atoms with Gasteiger partial charge >= 0.3 is 0 Å². The Morgan fingerprint density at radius 1 is 1.12 bits per heavy atom. The minimum atomic E-state index is 0.0568. The van der Waals surface area contributed by atoms with E-state index in [4.69, 9.17) is 0 Å². The third kappa shape index (κ3) is 3.71. The van der Waals surface area contributed by atoms with Crippen LogP contribution in [0, 0.1) is 17.2 Å². The number of anilines is 1. The lowest BCUT2D eigenvalue weighted by Crippen LogP contribution is -2.44. The van der Waals surface area contributed by atoms with Crippen LogP contribution in [0.25, 0.3) is 10.9 Å². The lowest BCUT2D eigenvalue weighted by Gasteiger charge is -2.37. The number of nitrogens with zero attached hydrogens (tertiary/aromatic N) is 4. The molecular weight excluding hydrogens is 396 g/mol. The van der Waals surface area contributed by atoms with Gasteiger partial charge in [-0.1, -0.05) is 37.3 Å². The van der Waals surface area contributed by atoms with Crippen molar-refractivity contribution in [3.63, 3.8) is 0 Å². The molecule has 0 atom stereocenters. The van der Waals surface area contributed by atoms with Gasteiger partial charge in [0, 0.05) is 43.7 Å². The molecule has 5 heteroatoms. The van der Waals surface area contributed by atoms with Gasteiger partial charge in [-0.15, -0.1) is 0 Å². The summed E-state index contributed by atoms with van der Waals surface area (Å²) in [5.41, 5.74) is 6.39. The Morgan fingerprint density at radius 3 is 2.66 bits per heavy atom. The summed E-state index contributed by atoms with van der Waals surface area (Å²) in [5.74, 6) is 0.342. The van der Waals surface area contributed by atoms with Gasteiger partial charge in [0.15, 0.2) is 0 Å². The van der Waals surface area contributed by atoms with Crippen LogP contribution in [0.5, 0.6) is 0 Å². The van der Waals surface area contributed by atoms with Gasteiger partial charge in [-0.2, -0.15) is 5.26 Å². The third-order valence-corrected chi connectivity index (χ3v) is 7.04. The van der Waals surface area contributed by atoms with Crippen molar-refractivity contribution in [3.05, 3.63) is 70.9 Å². The lowest BCUT2D eigenvalue weighted by molar-refractivity contribution is -0.137. The van der Waals surface area contributed by atoms with E-state index in [9.17, 15) is 10.1 Å². The fraction of sp³-hybridized carbons (Fsp3) is 0.370. The molecule has 1 amide bonds. The van der Waals surface area contributed by atoms with Crippen LogP contribution in [0.2, 0.25) is 0 Å². The normalized spacial score (nSPS) is 16.6. The molecule has 3 heterocycles. The first-order valence-electron chi connectivity index (χ1n) is 11.6. The van der Waals surface area contributed by atoms with Crippen LogP contribution in [-0.4, -0.2) is 35.4 Å². The molecule has 0 bridgehead atoms. The molecule has 2 aliphatic heterocycles. The molecule has 3 aromatic rings. The molecule has 1 saturated heterocycles. The van der Waals surface area contributed by atoms with Crippen LogP contribution < -0.4 is 4.90 Å². The monoisotopic (exact) mass is 424 g/mol. The van der Waals surface area contributed by atoms with E-state index in [1.807, 2.05) is 11.0 Å². The summed E-state index contributed by atoms with van der Waals surface area (Å²) in [5, 5.41) is 10.8. The van der Waals surface area contributed by atoms with Crippen molar-refractivity contribution in [1.82, 2.24) is 9.88 Å². The predicted octanol–water partition coefficient (Wildman–Crippen LogP) is 4.47. The van der Waals surface area contributed by atoms with E-state index in [2.05, 4.69) is 59.3 Å². The fourth-order valence-electron chi connectivity index (χ4n) is 5.16. The molecule has 2 aromatic carbocycles. The fourth-order valence-corrected chi connectivity index (χ4v) is 5.16. The molecule has 0 N–H and O–H groups in total. The van der Waals surface area contributed by atoms with Crippen LogP contribution in [0.4, 0.5) is 5.69 Å². The Morgan fingerprint density at radius 2 is 1.91 bits per heavy atom. The summed E-state index contributed by atoms with van der Waals surface area (Å²) in [4.78, 5) is 22.1. The van der Waals surface area contributed by atoms with Gasteiger partial charge in [-0.25, -0.2) is 0 Å². The number of aryl methyl sites for hydroxylation is 1. The summed E-state index contributed by atoms with van der Waals surface area (Å²) in [6.07, 6.45) is 5.21. The maximum absolute atomic E-state index is 13.3. The first-order chi connectivity index (χ1) is 15.7. The van der Waals surface area contributed by atoms with Crippen molar-refractivity contribution in [2.75, 3.05) is 24.5 Å². The number of carbonyl (C=O) groups excluding carboxylic acids is 1. The van der Waals surface area contributed by atoms with E-state index in [0.29, 0.717) is 5.56 Å². The zero-order chi connectivity index (χ0) is 22.1. The Kier molecular flexibility index (Phi) is 5.53. The van der Waals surface area contributed by atoms with Crippen LogP contribution >= 0.6 is 0 Å². The van der Waals surface area contributed by atoms with E-state index < -0.39 is 0 Å². The van der Waals surface area contributed by atoms with E-state index in [1.54, 1.807) is 6.20 Å². The predicted molar refractivity (Wildman–Crippen MR) is 126 cm³/mol. The minimum absolute atomic E-state index is 0.0568. The molecule has 32 heavy (non-hydrogen) atoms. The topological polar surface area (TPSA) is 60.2 Å². The van der Waals surface area contributed by atoms with E-state index in [1.165, 1.54) is 16.7 Å². The van der Waals surface area contributed by atoms with E-state index in [-0.39, 0.29) is 11.8 Å². The number of hydrogen-bond donors (Lipinski definition) is 0. The molecule has 5 nitrogen and oxygen atoms in total. The number of fused-ring (bicyclic) bond motifs is 2. The molecular formula is C27H28N4O. The number of carbonyl (C=O) groups is 1. The zero-order valence-corrected chi connectivity index (χ0v) is 18.6. The molecule has 1 aromatic heterocycles. The smallest absolute Gasteiger partial charge is 0.226 e. The van der Waals surface area contributed by atoms with Gasteiger partial charge in [-0.05, 0) is 54.5 Å². The summed E-state index contributed by atoms with van der Waals surface area (Å²) in [6, 6.07) is 17.1. The third-order valence-electron chi connectivity index (χ3n) is 7.04. The number of nitriles is 1. The molecule has 0 spiro atoms. The summed E-state index contributed by atoms with van der Waals surface area (Å²) in [7, 11) is 0. The van der Waals surface area contributed by atoms with Gasteiger partial charge in [0.05, 0.1) is 16.8 Å². The average Bonchev–Trinajstić information content (AvgIpc) is 2.87. The Hall–Kier alpha value is -3.39. The van der Waals surface area contributed by atoms with Gasteiger partial charge in [-0.3, -0.25) is 9.78 Å². The van der Waals surface area contributed by atoms with Crippen molar-refractivity contribution in [2.24, 2.45) is 5.92 Å². The van der Waals surface area contributed by atoms with E-state index in [0.717, 1.165) is 68.5 Å². The Bertz CT molecular complexity index is 1200. The quantitative estimate of drug-likeness (QED) is 0.622. The molecule has 2 aliphatic rings. The zero-order valence-electron chi connectivity index (χ0n) is 18.6. The maximum atomic E-state index is 13.3. The molecule has 162 valence electrons. The maximum Gasteiger partial charge on any atom is 0.226 e. The second kappa shape index (κ2) is 8.63. The largest absolute Gasteiger partial charge is 0.370 e. The highest BCUT2D eigenvalue weighted by atomic mass is 16.2. The molecule has 0 saturated carbocycles. The molecule has 0 radical (unpaired) electrons. The van der Waals surface area contributed by atoms with Gasteiger partial charge in [0.2, 0.25) is 5.91 Å². The second-order valence-corrected chi connectivity index (χ2v) is 8.88. The van der Waals surface area contributed by atoms with Gasteiger partial charge in [0.1, 0.15) is 6.07 Å². The number of pyridine rings is 1. The van der Waals surface area contributed by atoms with Crippen molar-refractivity contribution < 1.29 is 4.79 Å². The molecule has 1 fully saturated rings. The first-order valence-corrected chi connectivity index (χ1v) is 11.6. The average molecular weight is 425 g/mol.